The van der Waals surface area contributed by atoms with Crippen LogP contribution in [0.4, 0.5) is 0 Å². The van der Waals surface area contributed by atoms with Gasteiger partial charge >= 0.3 is 0 Å². The third kappa shape index (κ3) is 3.87. The molecule has 1 heterocycles. The van der Waals surface area contributed by atoms with E-state index in [1.807, 2.05) is 6.92 Å². The van der Waals surface area contributed by atoms with Gasteiger partial charge in [0, 0.05) is 18.7 Å². The fourth-order valence-electron chi connectivity index (χ4n) is 2.82. The smallest absolute Gasteiger partial charge is 0.220 e. The average molecular weight is 333 g/mol. The lowest BCUT2D eigenvalue weighted by molar-refractivity contribution is -0.121. The summed E-state index contributed by atoms with van der Waals surface area (Å²) in [5.41, 5.74) is 2.76. The predicted molar refractivity (Wildman–Crippen MR) is 90.5 cm³/mol. The van der Waals surface area contributed by atoms with E-state index in [-0.39, 0.29) is 5.91 Å². The number of nitrogens with zero attached hydrogens (tertiary/aromatic N) is 2. The molecule has 0 saturated heterocycles. The van der Waals surface area contributed by atoms with E-state index in [0.29, 0.717) is 18.9 Å². The van der Waals surface area contributed by atoms with E-state index in [0.717, 1.165) is 27.9 Å². The number of fused-ring (bicyclic) bond motifs is 1. The van der Waals surface area contributed by atoms with Gasteiger partial charge in [-0.25, -0.2) is 0 Å². The second-order valence-electron chi connectivity index (χ2n) is 5.42. The summed E-state index contributed by atoms with van der Waals surface area (Å²) in [6, 6.07) is 8.48. The molecule has 22 heavy (non-hydrogen) atoms. The highest BCUT2D eigenvalue weighted by atomic mass is 32.2. The molecular weight excluding hydrogens is 314 g/mol. The molecule has 2 aromatic rings. The summed E-state index contributed by atoms with van der Waals surface area (Å²) >= 11 is 3.24. The van der Waals surface area contributed by atoms with E-state index in [1.165, 1.54) is 11.1 Å². The molecular formula is C16H19N3OS2. The minimum Gasteiger partial charge on any atom is -0.355 e. The molecule has 1 aromatic carbocycles. The summed E-state index contributed by atoms with van der Waals surface area (Å²) in [7, 11) is 0. The highest BCUT2D eigenvalue weighted by molar-refractivity contribution is 8.01. The van der Waals surface area contributed by atoms with E-state index in [4.69, 9.17) is 0 Å². The van der Waals surface area contributed by atoms with Crippen molar-refractivity contribution in [2.24, 2.45) is 0 Å². The third-order valence-corrected chi connectivity index (χ3v) is 5.82. The van der Waals surface area contributed by atoms with Gasteiger partial charge in [0.05, 0.1) is 0 Å². The molecule has 4 nitrogen and oxygen atoms in total. The Hall–Kier alpha value is -1.40. The summed E-state index contributed by atoms with van der Waals surface area (Å²) < 4.78 is 0.969. The van der Waals surface area contributed by atoms with Crippen molar-refractivity contribution in [1.29, 1.82) is 0 Å². The van der Waals surface area contributed by atoms with Gasteiger partial charge in [-0.3, -0.25) is 4.79 Å². The topological polar surface area (TPSA) is 54.9 Å². The van der Waals surface area contributed by atoms with Crippen molar-refractivity contribution in [3.8, 4) is 0 Å². The van der Waals surface area contributed by atoms with Crippen molar-refractivity contribution in [1.82, 2.24) is 15.5 Å². The van der Waals surface area contributed by atoms with E-state index in [9.17, 15) is 4.79 Å². The molecule has 116 valence electrons. The zero-order valence-corrected chi connectivity index (χ0v) is 14.2. The fourth-order valence-corrected chi connectivity index (χ4v) is 4.56. The molecule has 6 heteroatoms. The predicted octanol–water partition coefficient (Wildman–Crippen LogP) is 3.17. The Morgan fingerprint density at radius 1 is 1.41 bits per heavy atom. The number of hydrogen-bond donors (Lipinski definition) is 1. The Morgan fingerprint density at radius 3 is 3.09 bits per heavy atom. The number of nitrogens with one attached hydrogen (secondary N) is 1. The molecule has 3 rings (SSSR count). The van der Waals surface area contributed by atoms with Crippen molar-refractivity contribution in [2.75, 3.05) is 12.3 Å². The van der Waals surface area contributed by atoms with Crippen LogP contribution in [-0.2, 0) is 11.2 Å². The zero-order chi connectivity index (χ0) is 15.4. The van der Waals surface area contributed by atoms with Gasteiger partial charge in [-0.2, -0.15) is 0 Å². The lowest BCUT2D eigenvalue weighted by Crippen LogP contribution is -2.26. The summed E-state index contributed by atoms with van der Waals surface area (Å²) in [5.74, 6) is 1.37. The van der Waals surface area contributed by atoms with Gasteiger partial charge in [0.2, 0.25) is 5.91 Å². The van der Waals surface area contributed by atoms with Crippen molar-refractivity contribution in [3.05, 3.63) is 40.4 Å². The molecule has 0 unspecified atom stereocenters. The SMILES string of the molecule is Cc1nnc(SCCNC(=O)C[C@H]2CCc3ccccc32)s1. The van der Waals surface area contributed by atoms with Crippen LogP contribution in [0.15, 0.2) is 28.6 Å². The second kappa shape index (κ2) is 7.24. The van der Waals surface area contributed by atoms with E-state index in [2.05, 4.69) is 39.8 Å². The fraction of sp³-hybridized carbons (Fsp3) is 0.438. The zero-order valence-electron chi connectivity index (χ0n) is 12.5. The summed E-state index contributed by atoms with van der Waals surface area (Å²) in [5, 5.41) is 12.0. The Bertz CT molecular complexity index is 656. The van der Waals surface area contributed by atoms with Crippen LogP contribution in [-0.4, -0.2) is 28.4 Å². The number of aromatic nitrogens is 2. The first-order valence-corrected chi connectivity index (χ1v) is 9.30. The standard InChI is InChI=1S/C16H19N3OS2/c1-11-18-19-16(22-11)21-9-8-17-15(20)10-13-7-6-12-4-2-3-5-14(12)13/h2-5,13H,6-10H2,1H3,(H,17,20)/t13-/m1/s1. The summed E-state index contributed by atoms with van der Waals surface area (Å²) in [4.78, 5) is 12.1. The maximum atomic E-state index is 12.1. The number of carbonyl (C=O) groups excluding carboxylic acids is 1. The molecule has 1 amide bonds. The lowest BCUT2D eigenvalue weighted by atomic mass is 9.97. The summed E-state index contributed by atoms with van der Waals surface area (Å²) in [6.07, 6.45) is 2.78. The highest BCUT2D eigenvalue weighted by Crippen LogP contribution is 2.35. The van der Waals surface area contributed by atoms with Gasteiger partial charge in [0.1, 0.15) is 5.01 Å². The number of amides is 1. The van der Waals surface area contributed by atoms with Crippen LogP contribution < -0.4 is 5.32 Å². The second-order valence-corrected chi connectivity index (χ2v) is 7.95. The molecule has 0 spiro atoms. The first-order valence-electron chi connectivity index (χ1n) is 7.50. The maximum Gasteiger partial charge on any atom is 0.220 e. The normalized spacial score (nSPS) is 16.5. The molecule has 1 aliphatic carbocycles. The van der Waals surface area contributed by atoms with Crippen molar-refractivity contribution in [3.63, 3.8) is 0 Å². The number of benzene rings is 1. The van der Waals surface area contributed by atoms with Crippen LogP contribution >= 0.6 is 23.1 Å². The van der Waals surface area contributed by atoms with Crippen LogP contribution in [0.5, 0.6) is 0 Å². The monoisotopic (exact) mass is 333 g/mol. The van der Waals surface area contributed by atoms with Crippen LogP contribution in [0.3, 0.4) is 0 Å². The van der Waals surface area contributed by atoms with Gasteiger partial charge < -0.3 is 5.32 Å². The molecule has 0 saturated carbocycles. The van der Waals surface area contributed by atoms with Crippen molar-refractivity contribution < 1.29 is 4.79 Å². The molecule has 0 radical (unpaired) electrons. The molecule has 1 N–H and O–H groups in total. The third-order valence-electron chi connectivity index (χ3n) is 3.85. The Kier molecular flexibility index (Phi) is 5.10. The average Bonchev–Trinajstić information content (AvgIpc) is 3.11. The number of aryl methyl sites for hydroxylation is 2. The number of hydrogen-bond acceptors (Lipinski definition) is 5. The van der Waals surface area contributed by atoms with Gasteiger partial charge in [0.15, 0.2) is 4.34 Å². The summed E-state index contributed by atoms with van der Waals surface area (Å²) in [6.45, 7) is 2.62. The Balaban J connectivity index is 1.40. The minimum atomic E-state index is 0.149. The molecule has 1 atom stereocenters. The molecule has 0 aliphatic heterocycles. The van der Waals surface area contributed by atoms with Gasteiger partial charge in [0.25, 0.3) is 0 Å². The van der Waals surface area contributed by atoms with Crippen molar-refractivity contribution >= 4 is 29.0 Å². The molecule has 0 fully saturated rings. The van der Waals surface area contributed by atoms with Crippen LogP contribution in [0, 0.1) is 6.92 Å². The maximum absolute atomic E-state index is 12.1. The Labute approximate surface area is 138 Å². The largest absolute Gasteiger partial charge is 0.355 e. The lowest BCUT2D eigenvalue weighted by Gasteiger charge is -2.11. The first kappa shape index (κ1) is 15.5. The number of carbonyl (C=O) groups is 1. The van der Waals surface area contributed by atoms with Crippen molar-refractivity contribution in [2.45, 2.75) is 36.4 Å². The van der Waals surface area contributed by atoms with Crippen LogP contribution in [0.25, 0.3) is 0 Å². The van der Waals surface area contributed by atoms with Gasteiger partial charge in [-0.05, 0) is 36.8 Å². The number of thioether (sulfide) groups is 1. The molecule has 0 bridgehead atoms. The van der Waals surface area contributed by atoms with E-state index >= 15 is 0 Å². The van der Waals surface area contributed by atoms with Crippen LogP contribution in [0.1, 0.15) is 34.9 Å². The molecule has 1 aliphatic rings. The first-order chi connectivity index (χ1) is 10.7. The van der Waals surface area contributed by atoms with E-state index in [1.54, 1.807) is 23.1 Å². The van der Waals surface area contributed by atoms with Crippen LogP contribution in [0.2, 0.25) is 0 Å². The van der Waals surface area contributed by atoms with E-state index < -0.39 is 0 Å². The Morgan fingerprint density at radius 2 is 2.27 bits per heavy atom. The van der Waals surface area contributed by atoms with Gasteiger partial charge in [-0.15, -0.1) is 10.2 Å². The van der Waals surface area contributed by atoms with Gasteiger partial charge in [-0.1, -0.05) is 47.4 Å². The minimum absolute atomic E-state index is 0.149. The quantitative estimate of drug-likeness (QED) is 0.652. The molecule has 1 aromatic heterocycles. The number of rotatable bonds is 6. The highest BCUT2D eigenvalue weighted by Gasteiger charge is 2.23.